The molecule has 0 saturated carbocycles. The first-order valence-corrected chi connectivity index (χ1v) is 5.31. The largest absolute Gasteiger partial charge is 0.395 e. The van der Waals surface area contributed by atoms with E-state index in [2.05, 4.69) is 0 Å². The van der Waals surface area contributed by atoms with Crippen LogP contribution in [0, 0.1) is 0 Å². The number of hydrogen-bond donors (Lipinski definition) is 2. The van der Waals surface area contributed by atoms with Crippen molar-refractivity contribution in [2.24, 2.45) is 0 Å². The van der Waals surface area contributed by atoms with E-state index in [4.69, 9.17) is 9.66 Å². The Morgan fingerprint density at radius 1 is 1.29 bits per heavy atom. The number of nitrogens with zero attached hydrogens (tertiary/aromatic N) is 1. The van der Waals surface area contributed by atoms with Crippen molar-refractivity contribution in [3.8, 4) is 0 Å². The number of aliphatic hydroxyl groups is 1. The van der Waals surface area contributed by atoms with Crippen molar-refractivity contribution in [1.82, 2.24) is 4.31 Å². The minimum absolute atomic E-state index is 0.126. The molecule has 14 heavy (non-hydrogen) atoms. The molecule has 78 valence electrons. The Kier molecular flexibility index (Phi) is 4.75. The Morgan fingerprint density at radius 3 is 2.43 bits per heavy atom. The van der Waals surface area contributed by atoms with E-state index in [9.17, 15) is 4.21 Å². The first-order chi connectivity index (χ1) is 6.74. The quantitative estimate of drug-likeness (QED) is 0.708. The first kappa shape index (κ1) is 11.3. The zero-order valence-electron chi connectivity index (χ0n) is 7.67. The Bertz CT molecular complexity index is 291. The summed E-state index contributed by atoms with van der Waals surface area (Å²) >= 11 is -2.03. The number of hydrogen-bond acceptors (Lipinski definition) is 2. The molecule has 0 spiro atoms. The SMILES string of the molecule is O=S(O)N(CCO)Cc1ccccc1. The predicted molar refractivity (Wildman–Crippen MR) is 54.7 cm³/mol. The van der Waals surface area contributed by atoms with Crippen molar-refractivity contribution in [2.75, 3.05) is 13.2 Å². The molecule has 0 radical (unpaired) electrons. The summed E-state index contributed by atoms with van der Waals surface area (Å²) in [5.41, 5.74) is 0.948. The fourth-order valence-electron chi connectivity index (χ4n) is 1.11. The molecular weight excluding hydrogens is 202 g/mol. The summed E-state index contributed by atoms with van der Waals surface area (Å²) in [4.78, 5) is 0. The molecule has 2 N–H and O–H groups in total. The lowest BCUT2D eigenvalue weighted by atomic mass is 10.2. The van der Waals surface area contributed by atoms with Crippen molar-refractivity contribution in [2.45, 2.75) is 6.54 Å². The third-order valence-electron chi connectivity index (χ3n) is 1.77. The van der Waals surface area contributed by atoms with Crippen molar-refractivity contribution in [3.63, 3.8) is 0 Å². The second kappa shape index (κ2) is 5.87. The Hall–Kier alpha value is -0.750. The molecule has 0 aliphatic heterocycles. The van der Waals surface area contributed by atoms with Crippen LogP contribution in [-0.2, 0) is 17.8 Å². The van der Waals surface area contributed by atoms with Gasteiger partial charge in [-0.2, -0.15) is 4.31 Å². The van der Waals surface area contributed by atoms with E-state index in [1.165, 1.54) is 4.31 Å². The van der Waals surface area contributed by atoms with Gasteiger partial charge in [0, 0.05) is 13.1 Å². The predicted octanol–water partition coefficient (Wildman–Crippen LogP) is 0.618. The minimum Gasteiger partial charge on any atom is -0.395 e. The number of benzene rings is 1. The van der Waals surface area contributed by atoms with Crippen LogP contribution < -0.4 is 0 Å². The molecule has 0 amide bonds. The monoisotopic (exact) mass is 215 g/mol. The molecule has 0 heterocycles. The lowest BCUT2D eigenvalue weighted by Gasteiger charge is -2.15. The van der Waals surface area contributed by atoms with Crippen LogP contribution in [-0.4, -0.2) is 31.3 Å². The van der Waals surface area contributed by atoms with Crippen molar-refractivity contribution in [1.29, 1.82) is 0 Å². The first-order valence-electron chi connectivity index (χ1n) is 4.24. The van der Waals surface area contributed by atoms with Gasteiger partial charge in [0.2, 0.25) is 11.3 Å². The van der Waals surface area contributed by atoms with Crippen molar-refractivity contribution in [3.05, 3.63) is 35.9 Å². The Morgan fingerprint density at radius 2 is 1.93 bits per heavy atom. The molecule has 1 atom stereocenters. The van der Waals surface area contributed by atoms with Gasteiger partial charge in [-0.15, -0.1) is 0 Å². The molecule has 1 aromatic rings. The number of aliphatic hydroxyl groups excluding tert-OH is 1. The molecule has 4 nitrogen and oxygen atoms in total. The maximum atomic E-state index is 10.8. The van der Waals surface area contributed by atoms with Gasteiger partial charge in [0.25, 0.3) is 0 Å². The highest BCUT2D eigenvalue weighted by molar-refractivity contribution is 7.76. The van der Waals surface area contributed by atoms with Crippen molar-refractivity contribution >= 4 is 11.3 Å². The van der Waals surface area contributed by atoms with E-state index in [1.54, 1.807) is 0 Å². The zero-order valence-corrected chi connectivity index (χ0v) is 8.48. The highest BCUT2D eigenvalue weighted by atomic mass is 32.2. The van der Waals surface area contributed by atoms with Gasteiger partial charge in [-0.3, -0.25) is 4.55 Å². The van der Waals surface area contributed by atoms with E-state index in [0.29, 0.717) is 6.54 Å². The van der Waals surface area contributed by atoms with Crippen LogP contribution in [0.2, 0.25) is 0 Å². The standard InChI is InChI=1S/C9H13NO3S/c11-7-6-10(14(12)13)8-9-4-2-1-3-5-9/h1-5,11H,6-8H2,(H,12,13). The lowest BCUT2D eigenvalue weighted by molar-refractivity contribution is 0.249. The average molecular weight is 215 g/mol. The summed E-state index contributed by atoms with van der Waals surface area (Å²) < 4.78 is 21.0. The maximum Gasteiger partial charge on any atom is 0.234 e. The van der Waals surface area contributed by atoms with Gasteiger partial charge in [-0.1, -0.05) is 30.3 Å². The van der Waals surface area contributed by atoms with Crippen LogP contribution in [0.4, 0.5) is 0 Å². The fourth-order valence-corrected chi connectivity index (χ4v) is 1.61. The fraction of sp³-hybridized carbons (Fsp3) is 0.333. The molecule has 1 unspecified atom stereocenters. The van der Waals surface area contributed by atoms with E-state index in [-0.39, 0.29) is 13.2 Å². The summed E-state index contributed by atoms with van der Waals surface area (Å²) in [5.74, 6) is 0. The highest BCUT2D eigenvalue weighted by Gasteiger charge is 2.10. The van der Waals surface area contributed by atoms with Crippen LogP contribution in [0.25, 0.3) is 0 Å². The van der Waals surface area contributed by atoms with Gasteiger partial charge in [0.1, 0.15) is 0 Å². The van der Waals surface area contributed by atoms with E-state index < -0.39 is 11.3 Å². The molecule has 0 saturated heterocycles. The van der Waals surface area contributed by atoms with Gasteiger partial charge in [-0.05, 0) is 5.56 Å². The highest BCUT2D eigenvalue weighted by Crippen LogP contribution is 2.04. The second-order valence-electron chi connectivity index (χ2n) is 2.80. The summed E-state index contributed by atoms with van der Waals surface area (Å²) in [7, 11) is 0. The number of rotatable bonds is 5. The summed E-state index contributed by atoms with van der Waals surface area (Å²) in [6, 6.07) is 9.36. The Balaban J connectivity index is 2.60. The summed E-state index contributed by atoms with van der Waals surface area (Å²) in [6.45, 7) is 0.432. The van der Waals surface area contributed by atoms with E-state index in [0.717, 1.165) is 5.56 Å². The zero-order chi connectivity index (χ0) is 10.4. The third kappa shape index (κ3) is 3.55. The van der Waals surface area contributed by atoms with Crippen LogP contribution in [0.5, 0.6) is 0 Å². The lowest BCUT2D eigenvalue weighted by Crippen LogP contribution is -2.28. The molecule has 1 rings (SSSR count). The molecule has 0 aliphatic rings. The van der Waals surface area contributed by atoms with Crippen LogP contribution in [0.1, 0.15) is 5.56 Å². The normalized spacial score (nSPS) is 13.1. The molecule has 0 aromatic heterocycles. The van der Waals surface area contributed by atoms with E-state index in [1.807, 2.05) is 30.3 Å². The molecule has 0 bridgehead atoms. The molecule has 5 heteroatoms. The topological polar surface area (TPSA) is 60.8 Å². The van der Waals surface area contributed by atoms with Crippen LogP contribution >= 0.6 is 0 Å². The van der Waals surface area contributed by atoms with Crippen molar-refractivity contribution < 1.29 is 13.9 Å². The maximum absolute atomic E-state index is 10.8. The van der Waals surface area contributed by atoms with Gasteiger partial charge in [-0.25, -0.2) is 4.21 Å². The molecular formula is C9H13NO3S. The average Bonchev–Trinajstić information content (AvgIpc) is 2.18. The molecule has 0 fully saturated rings. The molecule has 0 aliphatic carbocycles. The third-order valence-corrected chi connectivity index (χ3v) is 2.53. The molecule has 1 aromatic carbocycles. The Labute approximate surface area is 85.6 Å². The summed E-state index contributed by atoms with van der Waals surface area (Å²) in [6.07, 6.45) is 0. The van der Waals surface area contributed by atoms with Crippen LogP contribution in [0.3, 0.4) is 0 Å². The van der Waals surface area contributed by atoms with Gasteiger partial charge in [0.05, 0.1) is 6.61 Å². The second-order valence-corrected chi connectivity index (χ2v) is 3.78. The van der Waals surface area contributed by atoms with Gasteiger partial charge >= 0.3 is 0 Å². The summed E-state index contributed by atoms with van der Waals surface area (Å²) in [5, 5.41) is 8.68. The van der Waals surface area contributed by atoms with E-state index >= 15 is 0 Å². The smallest absolute Gasteiger partial charge is 0.234 e. The van der Waals surface area contributed by atoms with Gasteiger partial charge in [0.15, 0.2) is 0 Å². The minimum atomic E-state index is -2.03. The van der Waals surface area contributed by atoms with Crippen LogP contribution in [0.15, 0.2) is 30.3 Å². The van der Waals surface area contributed by atoms with Gasteiger partial charge < -0.3 is 5.11 Å².